The number of hydrogen-bond acceptors (Lipinski definition) is 7. The molecule has 0 saturated heterocycles. The van der Waals surface area contributed by atoms with E-state index in [-0.39, 0.29) is 10.6 Å². The van der Waals surface area contributed by atoms with Crippen molar-refractivity contribution in [1.29, 1.82) is 0 Å². The lowest BCUT2D eigenvalue weighted by molar-refractivity contribution is -0.387. The van der Waals surface area contributed by atoms with Crippen molar-refractivity contribution in [2.75, 3.05) is 19.1 Å². The Morgan fingerprint density at radius 3 is 2.53 bits per heavy atom. The molecule has 4 aromatic rings. The summed E-state index contributed by atoms with van der Waals surface area (Å²) in [6.07, 6.45) is 0. The van der Waals surface area contributed by atoms with Gasteiger partial charge in [-0.2, -0.15) is 0 Å². The fraction of sp³-hybridized carbons (Fsp3) is 0.250. The van der Waals surface area contributed by atoms with Gasteiger partial charge in [0.2, 0.25) is 5.72 Å². The van der Waals surface area contributed by atoms with Crippen LogP contribution in [0.2, 0.25) is 0 Å². The highest BCUT2D eigenvalue weighted by atomic mass is 16.6. The number of hydrogen-bond donors (Lipinski definition) is 0. The first-order valence-electron chi connectivity index (χ1n) is 11.6. The van der Waals surface area contributed by atoms with Crippen molar-refractivity contribution in [3.63, 3.8) is 0 Å². The number of methoxy groups -OCH3 is 1. The molecule has 8 heteroatoms. The fourth-order valence-corrected chi connectivity index (χ4v) is 6.24. The van der Waals surface area contributed by atoms with Gasteiger partial charge in [0.05, 0.1) is 28.5 Å². The van der Waals surface area contributed by atoms with Crippen LogP contribution in [0.15, 0.2) is 75.9 Å². The Morgan fingerprint density at radius 2 is 1.78 bits per heavy atom. The molecule has 3 aromatic carbocycles. The molecule has 1 aromatic heterocycles. The van der Waals surface area contributed by atoms with Gasteiger partial charge in [0.15, 0.2) is 0 Å². The molecule has 0 unspecified atom stereocenters. The highest BCUT2D eigenvalue weighted by Gasteiger charge is 2.66. The van der Waals surface area contributed by atoms with Crippen molar-refractivity contribution >= 4 is 22.3 Å². The molecule has 182 valence electrons. The summed E-state index contributed by atoms with van der Waals surface area (Å²) in [5, 5.41) is 12.9. The topological polar surface area (TPSA) is 95.0 Å². The average Bonchev–Trinajstić information content (AvgIpc) is 2.86. The number of rotatable bonds is 3. The Balaban J connectivity index is 1.81. The van der Waals surface area contributed by atoms with E-state index in [4.69, 9.17) is 13.9 Å². The second-order valence-electron chi connectivity index (χ2n) is 9.79. The molecular weight excluding hydrogens is 460 g/mol. The molecule has 2 atom stereocenters. The molecule has 0 aliphatic carbocycles. The lowest BCUT2D eigenvalue weighted by Gasteiger charge is -2.61. The minimum absolute atomic E-state index is 0.0520. The summed E-state index contributed by atoms with van der Waals surface area (Å²) in [6, 6.07) is 19.5. The van der Waals surface area contributed by atoms with Gasteiger partial charge in [-0.3, -0.25) is 10.1 Å². The third kappa shape index (κ3) is 2.61. The van der Waals surface area contributed by atoms with E-state index in [1.165, 1.54) is 6.07 Å². The molecule has 2 bridgehead atoms. The Morgan fingerprint density at radius 1 is 1.06 bits per heavy atom. The average molecular weight is 485 g/mol. The maximum atomic E-state index is 13.5. The van der Waals surface area contributed by atoms with Crippen LogP contribution in [0.25, 0.3) is 11.0 Å². The van der Waals surface area contributed by atoms with Gasteiger partial charge in [0, 0.05) is 30.1 Å². The van der Waals surface area contributed by atoms with Crippen LogP contribution in [-0.4, -0.2) is 19.1 Å². The van der Waals surface area contributed by atoms with Crippen LogP contribution in [-0.2, 0) is 5.72 Å². The van der Waals surface area contributed by atoms with Gasteiger partial charge in [-0.15, -0.1) is 0 Å². The predicted octanol–water partition coefficient (Wildman–Crippen LogP) is 5.56. The molecule has 0 spiro atoms. The van der Waals surface area contributed by atoms with Crippen LogP contribution < -0.4 is 20.0 Å². The van der Waals surface area contributed by atoms with E-state index in [1.54, 1.807) is 37.4 Å². The van der Waals surface area contributed by atoms with Crippen LogP contribution in [0.5, 0.6) is 11.5 Å². The lowest BCUT2D eigenvalue weighted by atomic mass is 9.58. The number of ether oxygens (including phenoxy) is 2. The molecule has 0 radical (unpaired) electrons. The van der Waals surface area contributed by atoms with Gasteiger partial charge in [-0.1, -0.05) is 38.1 Å². The van der Waals surface area contributed by atoms with Crippen molar-refractivity contribution < 1.29 is 18.8 Å². The standard InChI is InChI=1S/C28H24N2O6/c1-27(2)24-18-15-16(34-4)13-14-20(18)29(3)28(27,19-10-6-7-11-21(19)30(32)33)36-25-17-9-5-8-12-22(17)35-26(31)23(24)25/h5-15,24H,1-4H3/t24-,28+/m1/s1. The normalized spacial score (nSPS) is 21.3. The zero-order chi connectivity index (χ0) is 25.4. The Kier molecular flexibility index (Phi) is 4.51. The van der Waals surface area contributed by atoms with Crippen molar-refractivity contribution in [2.45, 2.75) is 25.5 Å². The number of nitrogens with zero attached hydrogens (tertiary/aromatic N) is 2. The fourth-order valence-electron chi connectivity index (χ4n) is 6.24. The molecule has 8 nitrogen and oxygen atoms in total. The summed E-state index contributed by atoms with van der Waals surface area (Å²) in [6.45, 7) is 3.95. The molecular formula is C28H24N2O6. The number of nitro benzene ring substituents is 1. The molecule has 2 aliphatic heterocycles. The minimum atomic E-state index is -1.31. The van der Waals surface area contributed by atoms with Gasteiger partial charge in [0.1, 0.15) is 17.1 Å². The van der Waals surface area contributed by atoms with Gasteiger partial charge < -0.3 is 18.8 Å². The second-order valence-corrected chi connectivity index (χ2v) is 9.79. The van der Waals surface area contributed by atoms with E-state index in [9.17, 15) is 14.9 Å². The zero-order valence-corrected chi connectivity index (χ0v) is 20.3. The largest absolute Gasteiger partial charge is 0.497 e. The smallest absolute Gasteiger partial charge is 0.343 e. The summed E-state index contributed by atoms with van der Waals surface area (Å²) in [5.41, 5.74) is 0.154. The summed E-state index contributed by atoms with van der Waals surface area (Å²) in [4.78, 5) is 27.3. The third-order valence-corrected chi connectivity index (χ3v) is 7.78. The molecule has 2 aliphatic rings. The van der Waals surface area contributed by atoms with Gasteiger partial charge in [-0.25, -0.2) is 4.79 Å². The van der Waals surface area contributed by atoms with E-state index < -0.39 is 22.7 Å². The van der Waals surface area contributed by atoms with Crippen LogP contribution in [0.3, 0.4) is 0 Å². The molecule has 0 N–H and O–H groups in total. The van der Waals surface area contributed by atoms with Crippen LogP contribution >= 0.6 is 0 Å². The van der Waals surface area contributed by atoms with Gasteiger partial charge in [-0.05, 0) is 42.0 Å². The van der Waals surface area contributed by atoms with Gasteiger partial charge >= 0.3 is 5.63 Å². The third-order valence-electron chi connectivity index (χ3n) is 7.78. The molecule has 3 heterocycles. The first-order valence-corrected chi connectivity index (χ1v) is 11.6. The summed E-state index contributed by atoms with van der Waals surface area (Å²) >= 11 is 0. The van der Waals surface area contributed by atoms with Crippen LogP contribution in [0, 0.1) is 15.5 Å². The van der Waals surface area contributed by atoms with Crippen molar-refractivity contribution in [3.8, 4) is 11.5 Å². The molecule has 0 amide bonds. The number of nitro groups is 1. The lowest BCUT2D eigenvalue weighted by Crippen LogP contribution is -2.65. The molecule has 0 saturated carbocycles. The summed E-state index contributed by atoms with van der Waals surface area (Å²) in [7, 11) is 3.47. The second kappa shape index (κ2) is 7.34. The summed E-state index contributed by atoms with van der Waals surface area (Å²) in [5.74, 6) is 0.530. The van der Waals surface area contributed by atoms with Gasteiger partial charge in [0.25, 0.3) is 5.69 Å². The first-order chi connectivity index (χ1) is 17.2. The van der Waals surface area contributed by atoms with Crippen LogP contribution in [0.4, 0.5) is 11.4 Å². The number of fused-ring (bicyclic) bond motifs is 8. The quantitative estimate of drug-likeness (QED) is 0.213. The van der Waals surface area contributed by atoms with E-state index >= 15 is 0 Å². The van der Waals surface area contributed by atoms with E-state index in [0.29, 0.717) is 33.6 Å². The maximum absolute atomic E-state index is 13.5. The minimum Gasteiger partial charge on any atom is -0.497 e. The summed E-state index contributed by atoms with van der Waals surface area (Å²) < 4.78 is 18.2. The Labute approximate surface area is 206 Å². The SMILES string of the molecule is COc1ccc2c(c1)[C@@H]1c3c(c4ccccc4oc3=O)O[C@](c3ccccc3[N+](=O)[O-])(N2C)C1(C)C. The van der Waals surface area contributed by atoms with Crippen molar-refractivity contribution in [1.82, 2.24) is 0 Å². The molecule has 0 fully saturated rings. The van der Waals surface area contributed by atoms with E-state index in [2.05, 4.69) is 0 Å². The highest BCUT2D eigenvalue weighted by Crippen LogP contribution is 2.66. The Bertz CT molecular complexity index is 1620. The zero-order valence-electron chi connectivity index (χ0n) is 20.3. The van der Waals surface area contributed by atoms with E-state index in [0.717, 1.165) is 11.3 Å². The number of para-hydroxylation sites is 2. The number of benzene rings is 3. The van der Waals surface area contributed by atoms with E-state index in [1.807, 2.05) is 56.1 Å². The van der Waals surface area contributed by atoms with Crippen molar-refractivity contribution in [2.24, 2.45) is 5.41 Å². The maximum Gasteiger partial charge on any atom is 0.343 e. The Hall–Kier alpha value is -4.33. The molecule has 36 heavy (non-hydrogen) atoms. The predicted molar refractivity (Wildman–Crippen MR) is 135 cm³/mol. The van der Waals surface area contributed by atoms with Crippen molar-refractivity contribution in [3.05, 3.63) is 104 Å². The van der Waals surface area contributed by atoms with Crippen LogP contribution in [0.1, 0.15) is 36.5 Å². The molecule has 6 rings (SSSR count). The number of anilines is 1. The highest BCUT2D eigenvalue weighted by molar-refractivity contribution is 5.86. The first kappa shape index (κ1) is 22.2. The monoisotopic (exact) mass is 484 g/mol.